The van der Waals surface area contributed by atoms with Crippen LogP contribution in [0, 0.1) is 13.8 Å². The third-order valence-corrected chi connectivity index (χ3v) is 4.49. The summed E-state index contributed by atoms with van der Waals surface area (Å²) in [5.41, 5.74) is 5.59. The molecule has 0 saturated heterocycles. The molecule has 1 unspecified atom stereocenters. The molecular formula is C19H24BrN. The van der Waals surface area contributed by atoms with Crippen LogP contribution in [-0.4, -0.2) is 6.54 Å². The fraction of sp³-hybridized carbons (Fsp3) is 0.368. The van der Waals surface area contributed by atoms with Crippen molar-refractivity contribution in [1.82, 2.24) is 5.32 Å². The van der Waals surface area contributed by atoms with E-state index in [2.05, 4.69) is 84.5 Å². The molecule has 0 aliphatic heterocycles. The number of hydrogen-bond acceptors (Lipinski definition) is 1. The molecule has 0 fully saturated rings. The Kier molecular flexibility index (Phi) is 6.01. The Bertz CT molecular complexity index is 554. The lowest BCUT2D eigenvalue weighted by atomic mass is 9.93. The summed E-state index contributed by atoms with van der Waals surface area (Å²) in [5, 5.41) is 3.69. The fourth-order valence-electron chi connectivity index (χ4n) is 2.70. The Labute approximate surface area is 136 Å². The van der Waals surface area contributed by atoms with Crippen LogP contribution in [0.3, 0.4) is 0 Å². The number of aryl methyl sites for hydroxylation is 2. The molecule has 2 aromatic carbocycles. The minimum absolute atomic E-state index is 0.373. The standard InChI is InChI=1S/C19H24BrN/c1-4-12-21-19(16-8-10-17(20)11-9-16)13-18-14(2)6-5-7-15(18)3/h5-11,19,21H,4,12-13H2,1-3H3. The number of halogens is 1. The van der Waals surface area contributed by atoms with E-state index < -0.39 is 0 Å². The first-order valence-electron chi connectivity index (χ1n) is 7.65. The molecule has 1 nitrogen and oxygen atoms in total. The minimum Gasteiger partial charge on any atom is -0.310 e. The van der Waals surface area contributed by atoms with Crippen LogP contribution in [0.2, 0.25) is 0 Å². The molecule has 2 heteroatoms. The van der Waals surface area contributed by atoms with Crippen molar-refractivity contribution in [2.24, 2.45) is 0 Å². The number of hydrogen-bond donors (Lipinski definition) is 1. The average molecular weight is 346 g/mol. The van der Waals surface area contributed by atoms with E-state index in [0.29, 0.717) is 6.04 Å². The predicted molar refractivity (Wildman–Crippen MR) is 94.8 cm³/mol. The molecule has 2 aromatic rings. The molecule has 0 radical (unpaired) electrons. The lowest BCUT2D eigenvalue weighted by molar-refractivity contribution is 0.527. The largest absolute Gasteiger partial charge is 0.310 e. The van der Waals surface area contributed by atoms with Crippen molar-refractivity contribution in [1.29, 1.82) is 0 Å². The van der Waals surface area contributed by atoms with E-state index >= 15 is 0 Å². The Morgan fingerprint density at radius 3 is 2.19 bits per heavy atom. The molecule has 0 bridgehead atoms. The van der Waals surface area contributed by atoms with Gasteiger partial charge in [0, 0.05) is 10.5 Å². The zero-order chi connectivity index (χ0) is 15.2. The maximum atomic E-state index is 3.69. The van der Waals surface area contributed by atoms with Gasteiger partial charge in [-0.25, -0.2) is 0 Å². The SMILES string of the molecule is CCCNC(Cc1c(C)cccc1C)c1ccc(Br)cc1. The molecule has 0 heterocycles. The van der Waals surface area contributed by atoms with Crippen LogP contribution in [0.4, 0.5) is 0 Å². The highest BCUT2D eigenvalue weighted by molar-refractivity contribution is 9.10. The highest BCUT2D eigenvalue weighted by Crippen LogP contribution is 2.24. The molecule has 0 spiro atoms. The zero-order valence-corrected chi connectivity index (χ0v) is 14.7. The van der Waals surface area contributed by atoms with Gasteiger partial charge in [0.2, 0.25) is 0 Å². The van der Waals surface area contributed by atoms with E-state index in [0.717, 1.165) is 23.9 Å². The summed E-state index contributed by atoms with van der Waals surface area (Å²) in [6.45, 7) is 7.68. The van der Waals surface area contributed by atoms with Crippen LogP contribution in [0.5, 0.6) is 0 Å². The molecule has 0 saturated carbocycles. The van der Waals surface area contributed by atoms with E-state index in [4.69, 9.17) is 0 Å². The van der Waals surface area contributed by atoms with Gasteiger partial charge in [0.15, 0.2) is 0 Å². The molecule has 2 rings (SSSR count). The zero-order valence-electron chi connectivity index (χ0n) is 13.1. The maximum absolute atomic E-state index is 3.69. The molecule has 0 aliphatic rings. The van der Waals surface area contributed by atoms with Crippen LogP contribution in [-0.2, 0) is 6.42 Å². The predicted octanol–water partition coefficient (Wildman–Crippen LogP) is 5.35. The summed E-state index contributed by atoms with van der Waals surface area (Å²) >= 11 is 3.52. The normalized spacial score (nSPS) is 12.4. The van der Waals surface area contributed by atoms with Crippen molar-refractivity contribution in [3.63, 3.8) is 0 Å². The second kappa shape index (κ2) is 7.77. The van der Waals surface area contributed by atoms with Crippen LogP contribution < -0.4 is 5.32 Å². The van der Waals surface area contributed by atoms with Crippen LogP contribution in [0.25, 0.3) is 0 Å². The Balaban J connectivity index is 2.26. The third-order valence-electron chi connectivity index (χ3n) is 3.97. The lowest BCUT2D eigenvalue weighted by Gasteiger charge is -2.21. The third kappa shape index (κ3) is 4.42. The minimum atomic E-state index is 0.373. The molecule has 1 N–H and O–H groups in total. The maximum Gasteiger partial charge on any atom is 0.0361 e. The summed E-state index contributed by atoms with van der Waals surface area (Å²) in [7, 11) is 0. The fourth-order valence-corrected chi connectivity index (χ4v) is 2.96. The van der Waals surface area contributed by atoms with Crippen molar-refractivity contribution >= 4 is 15.9 Å². The van der Waals surface area contributed by atoms with Crippen molar-refractivity contribution in [3.8, 4) is 0 Å². The van der Waals surface area contributed by atoms with Gasteiger partial charge in [0.25, 0.3) is 0 Å². The summed E-state index contributed by atoms with van der Waals surface area (Å²) in [6.07, 6.45) is 2.19. The first-order chi connectivity index (χ1) is 10.1. The molecule has 21 heavy (non-hydrogen) atoms. The van der Waals surface area contributed by atoms with Crippen LogP contribution >= 0.6 is 15.9 Å². The van der Waals surface area contributed by atoms with Gasteiger partial charge in [-0.15, -0.1) is 0 Å². The van der Waals surface area contributed by atoms with E-state index in [-0.39, 0.29) is 0 Å². The molecule has 0 aliphatic carbocycles. The van der Waals surface area contributed by atoms with Gasteiger partial charge in [0.05, 0.1) is 0 Å². The van der Waals surface area contributed by atoms with Crippen LogP contribution in [0.1, 0.15) is 41.6 Å². The topological polar surface area (TPSA) is 12.0 Å². The van der Waals surface area contributed by atoms with E-state index in [9.17, 15) is 0 Å². The molecule has 0 aromatic heterocycles. The van der Waals surface area contributed by atoms with Gasteiger partial charge in [-0.05, 0) is 67.6 Å². The highest BCUT2D eigenvalue weighted by Gasteiger charge is 2.14. The second-order valence-corrected chi connectivity index (χ2v) is 6.55. The van der Waals surface area contributed by atoms with Gasteiger partial charge < -0.3 is 5.32 Å². The first-order valence-corrected chi connectivity index (χ1v) is 8.45. The van der Waals surface area contributed by atoms with E-state index in [1.54, 1.807) is 0 Å². The van der Waals surface area contributed by atoms with Crippen molar-refractivity contribution in [3.05, 3.63) is 69.2 Å². The van der Waals surface area contributed by atoms with Gasteiger partial charge in [-0.1, -0.05) is 53.2 Å². The molecular weight excluding hydrogens is 322 g/mol. The molecule has 112 valence electrons. The van der Waals surface area contributed by atoms with Crippen molar-refractivity contribution in [2.45, 2.75) is 39.7 Å². The molecule has 0 amide bonds. The monoisotopic (exact) mass is 345 g/mol. The van der Waals surface area contributed by atoms with E-state index in [1.165, 1.54) is 22.3 Å². The quantitative estimate of drug-likeness (QED) is 0.743. The number of rotatable bonds is 6. The first kappa shape index (κ1) is 16.3. The Hall–Kier alpha value is -1.12. The Morgan fingerprint density at radius 2 is 1.62 bits per heavy atom. The lowest BCUT2D eigenvalue weighted by Crippen LogP contribution is -2.24. The van der Waals surface area contributed by atoms with Crippen LogP contribution in [0.15, 0.2) is 46.9 Å². The smallest absolute Gasteiger partial charge is 0.0361 e. The van der Waals surface area contributed by atoms with Gasteiger partial charge >= 0.3 is 0 Å². The van der Waals surface area contributed by atoms with Gasteiger partial charge in [-0.2, -0.15) is 0 Å². The number of benzene rings is 2. The average Bonchev–Trinajstić information content (AvgIpc) is 2.47. The molecule has 1 atom stereocenters. The van der Waals surface area contributed by atoms with Crippen molar-refractivity contribution < 1.29 is 0 Å². The van der Waals surface area contributed by atoms with Gasteiger partial charge in [0.1, 0.15) is 0 Å². The highest BCUT2D eigenvalue weighted by atomic mass is 79.9. The summed E-state index contributed by atoms with van der Waals surface area (Å²) in [4.78, 5) is 0. The Morgan fingerprint density at radius 1 is 1.00 bits per heavy atom. The number of nitrogens with one attached hydrogen (secondary N) is 1. The van der Waals surface area contributed by atoms with Gasteiger partial charge in [-0.3, -0.25) is 0 Å². The second-order valence-electron chi connectivity index (χ2n) is 5.63. The summed E-state index contributed by atoms with van der Waals surface area (Å²) in [6, 6.07) is 15.6. The summed E-state index contributed by atoms with van der Waals surface area (Å²) < 4.78 is 1.13. The van der Waals surface area contributed by atoms with Crippen molar-refractivity contribution in [2.75, 3.05) is 6.54 Å². The van der Waals surface area contributed by atoms with E-state index in [1.807, 2.05) is 0 Å². The summed E-state index contributed by atoms with van der Waals surface area (Å²) in [5.74, 6) is 0.